The molecule has 0 aliphatic carbocycles. The van der Waals surface area contributed by atoms with Crippen molar-refractivity contribution in [3.05, 3.63) is 35.5 Å². The number of Topliss-reactive ketones (excluding diaryl/α,β-unsaturated/α-hetero) is 1. The van der Waals surface area contributed by atoms with E-state index in [4.69, 9.17) is 0 Å². The van der Waals surface area contributed by atoms with Gasteiger partial charge in [-0.3, -0.25) is 9.59 Å². The number of rotatable bonds is 3. The van der Waals surface area contributed by atoms with Crippen molar-refractivity contribution in [2.24, 2.45) is 0 Å². The summed E-state index contributed by atoms with van der Waals surface area (Å²) in [5.74, 6) is -3.10. The van der Waals surface area contributed by atoms with E-state index in [0.29, 0.717) is 12.6 Å². The summed E-state index contributed by atoms with van der Waals surface area (Å²) in [5.41, 5.74) is -0.0181. The van der Waals surface area contributed by atoms with Crippen LogP contribution in [-0.2, 0) is 4.79 Å². The minimum atomic E-state index is -0.801. The van der Waals surface area contributed by atoms with Crippen LogP contribution in [0, 0.1) is 11.6 Å². The average Bonchev–Trinajstić information content (AvgIpc) is 2.79. The third-order valence-corrected chi connectivity index (χ3v) is 2.97. The number of amides is 1. The molecule has 1 N–H and O–H groups in total. The Morgan fingerprint density at radius 2 is 2.00 bits per heavy atom. The van der Waals surface area contributed by atoms with Crippen molar-refractivity contribution in [1.82, 2.24) is 9.88 Å². The molecule has 6 heteroatoms. The molecular formula is C13H12F2N2O2. The van der Waals surface area contributed by atoms with Gasteiger partial charge >= 0.3 is 0 Å². The number of ketones is 1. The Balaban J connectivity index is 2.52. The maximum absolute atomic E-state index is 13.5. The Labute approximate surface area is 108 Å². The fourth-order valence-corrected chi connectivity index (χ4v) is 1.77. The first kappa shape index (κ1) is 13.2. The lowest BCUT2D eigenvalue weighted by atomic mass is 10.1. The van der Waals surface area contributed by atoms with Crippen molar-refractivity contribution in [3.63, 3.8) is 0 Å². The summed E-state index contributed by atoms with van der Waals surface area (Å²) in [6.07, 6.45) is 1.22. The van der Waals surface area contributed by atoms with E-state index in [9.17, 15) is 18.4 Å². The van der Waals surface area contributed by atoms with E-state index < -0.39 is 23.3 Å². The molecule has 100 valence electrons. The van der Waals surface area contributed by atoms with E-state index in [1.165, 1.54) is 18.1 Å². The molecule has 0 bridgehead atoms. The van der Waals surface area contributed by atoms with Crippen molar-refractivity contribution >= 4 is 22.6 Å². The number of fused-ring (bicyclic) bond motifs is 1. The molecule has 0 aliphatic heterocycles. The van der Waals surface area contributed by atoms with Gasteiger partial charge in [-0.1, -0.05) is 0 Å². The molecule has 0 spiro atoms. The molecule has 0 aliphatic rings. The molecule has 0 unspecified atom stereocenters. The molecule has 1 aromatic heterocycles. The van der Waals surface area contributed by atoms with Crippen LogP contribution in [0.15, 0.2) is 18.3 Å². The number of carbonyl (C=O) groups excluding carboxylic acids is 2. The van der Waals surface area contributed by atoms with Gasteiger partial charge in [0.05, 0.1) is 11.1 Å². The van der Waals surface area contributed by atoms with E-state index in [1.54, 1.807) is 6.92 Å². The predicted octanol–water partition coefficient (Wildman–Crippen LogP) is 2.11. The van der Waals surface area contributed by atoms with Crippen LogP contribution in [0.25, 0.3) is 10.9 Å². The second-order valence-electron chi connectivity index (χ2n) is 4.16. The zero-order chi connectivity index (χ0) is 14.2. The topological polar surface area (TPSA) is 53.2 Å². The summed E-state index contributed by atoms with van der Waals surface area (Å²) in [6.45, 7) is 2.09. The normalized spacial score (nSPS) is 10.7. The molecule has 2 rings (SSSR count). The maximum atomic E-state index is 13.5. The largest absolute Gasteiger partial charge is 0.358 e. The first-order chi connectivity index (χ1) is 8.95. The highest BCUT2D eigenvalue weighted by atomic mass is 19.1. The predicted molar refractivity (Wildman–Crippen MR) is 65.9 cm³/mol. The number of carbonyl (C=O) groups is 2. The smallest absolute Gasteiger partial charge is 0.294 e. The molecule has 19 heavy (non-hydrogen) atoms. The molecule has 1 amide bonds. The summed E-state index contributed by atoms with van der Waals surface area (Å²) in [4.78, 5) is 27.5. The van der Waals surface area contributed by atoms with Gasteiger partial charge in [0.15, 0.2) is 0 Å². The van der Waals surface area contributed by atoms with Gasteiger partial charge in [0, 0.05) is 31.2 Å². The van der Waals surface area contributed by atoms with E-state index in [2.05, 4.69) is 4.98 Å². The first-order valence-electron chi connectivity index (χ1n) is 5.71. The SMILES string of the molecule is CCN(C)C(=O)C(=O)c1c[nH]c2c(F)cc(F)cc12. The maximum Gasteiger partial charge on any atom is 0.294 e. The van der Waals surface area contributed by atoms with Crippen LogP contribution < -0.4 is 0 Å². The number of aromatic amines is 1. The molecule has 0 saturated carbocycles. The van der Waals surface area contributed by atoms with Gasteiger partial charge in [-0.15, -0.1) is 0 Å². The monoisotopic (exact) mass is 266 g/mol. The lowest BCUT2D eigenvalue weighted by Gasteiger charge is -2.12. The van der Waals surface area contributed by atoms with E-state index in [0.717, 1.165) is 6.07 Å². The van der Waals surface area contributed by atoms with Crippen molar-refractivity contribution in [2.75, 3.05) is 13.6 Å². The Hall–Kier alpha value is -2.24. The van der Waals surface area contributed by atoms with Gasteiger partial charge in [0.1, 0.15) is 11.6 Å². The highest BCUT2D eigenvalue weighted by molar-refractivity contribution is 6.44. The van der Waals surface area contributed by atoms with Gasteiger partial charge in [-0.25, -0.2) is 8.78 Å². The number of nitrogens with zero attached hydrogens (tertiary/aromatic N) is 1. The molecule has 1 heterocycles. The number of aromatic nitrogens is 1. The van der Waals surface area contributed by atoms with Gasteiger partial charge in [-0.05, 0) is 13.0 Å². The summed E-state index contributed by atoms with van der Waals surface area (Å²) in [7, 11) is 1.48. The summed E-state index contributed by atoms with van der Waals surface area (Å²) >= 11 is 0. The zero-order valence-electron chi connectivity index (χ0n) is 10.5. The van der Waals surface area contributed by atoms with Crippen LogP contribution in [0.4, 0.5) is 8.78 Å². The molecule has 1 aromatic carbocycles. The van der Waals surface area contributed by atoms with Gasteiger partial charge in [0.2, 0.25) is 0 Å². The summed E-state index contributed by atoms with van der Waals surface area (Å²) in [5, 5.41) is 0.0698. The number of hydrogen-bond acceptors (Lipinski definition) is 2. The number of halogens is 2. The number of hydrogen-bond donors (Lipinski definition) is 1. The van der Waals surface area contributed by atoms with Crippen LogP contribution in [0.3, 0.4) is 0 Å². The molecule has 0 fully saturated rings. The first-order valence-corrected chi connectivity index (χ1v) is 5.71. The minimum Gasteiger partial charge on any atom is -0.358 e. The van der Waals surface area contributed by atoms with E-state index >= 15 is 0 Å². The van der Waals surface area contributed by atoms with Gasteiger partial charge in [-0.2, -0.15) is 0 Å². The molecule has 0 saturated heterocycles. The van der Waals surface area contributed by atoms with E-state index in [1.807, 2.05) is 0 Å². The minimum absolute atomic E-state index is 0.0108. The molecule has 2 aromatic rings. The third-order valence-electron chi connectivity index (χ3n) is 2.97. The Kier molecular flexibility index (Phi) is 3.33. The summed E-state index contributed by atoms with van der Waals surface area (Å²) < 4.78 is 26.7. The number of benzene rings is 1. The fraction of sp³-hybridized carbons (Fsp3) is 0.231. The van der Waals surface area contributed by atoms with Gasteiger partial charge in [0.25, 0.3) is 11.7 Å². The van der Waals surface area contributed by atoms with Gasteiger partial charge < -0.3 is 9.88 Å². The summed E-state index contributed by atoms with van der Waals surface area (Å²) in [6, 6.07) is 1.74. The Morgan fingerprint density at radius 3 is 2.63 bits per heavy atom. The molecule has 0 radical (unpaired) electrons. The number of likely N-dealkylation sites (N-methyl/N-ethyl adjacent to an activating group) is 1. The zero-order valence-corrected chi connectivity index (χ0v) is 10.5. The quantitative estimate of drug-likeness (QED) is 0.683. The van der Waals surface area contributed by atoms with Crippen LogP contribution in [0.5, 0.6) is 0 Å². The highest BCUT2D eigenvalue weighted by Gasteiger charge is 2.23. The van der Waals surface area contributed by atoms with Crippen molar-refractivity contribution in [3.8, 4) is 0 Å². The second-order valence-corrected chi connectivity index (χ2v) is 4.16. The van der Waals surface area contributed by atoms with Crippen LogP contribution in [-0.4, -0.2) is 35.2 Å². The highest BCUT2D eigenvalue weighted by Crippen LogP contribution is 2.23. The Morgan fingerprint density at radius 1 is 1.32 bits per heavy atom. The van der Waals surface area contributed by atoms with Crippen LogP contribution >= 0.6 is 0 Å². The fourth-order valence-electron chi connectivity index (χ4n) is 1.77. The van der Waals surface area contributed by atoms with Crippen LogP contribution in [0.1, 0.15) is 17.3 Å². The molecular weight excluding hydrogens is 254 g/mol. The number of nitrogens with one attached hydrogen (secondary N) is 1. The lowest BCUT2D eigenvalue weighted by Crippen LogP contribution is -2.32. The lowest BCUT2D eigenvalue weighted by molar-refractivity contribution is -0.125. The van der Waals surface area contributed by atoms with Crippen molar-refractivity contribution in [2.45, 2.75) is 6.92 Å². The Bertz CT molecular complexity index is 664. The molecule has 4 nitrogen and oxygen atoms in total. The van der Waals surface area contributed by atoms with Crippen molar-refractivity contribution < 1.29 is 18.4 Å². The molecule has 0 atom stereocenters. The van der Waals surface area contributed by atoms with E-state index in [-0.39, 0.29) is 16.5 Å². The standard InChI is InChI=1S/C13H12F2N2O2/c1-3-17(2)13(19)12(18)9-6-16-11-8(9)4-7(14)5-10(11)15/h4-6,16H,3H2,1-2H3. The number of H-pyrrole nitrogens is 1. The second kappa shape index (κ2) is 4.79. The average molecular weight is 266 g/mol. The van der Waals surface area contributed by atoms with Crippen LogP contribution in [0.2, 0.25) is 0 Å². The third kappa shape index (κ3) is 2.21. The van der Waals surface area contributed by atoms with Crippen molar-refractivity contribution in [1.29, 1.82) is 0 Å².